The topological polar surface area (TPSA) is 60.0 Å². The Morgan fingerprint density at radius 1 is 1.21 bits per heavy atom. The second-order valence-corrected chi connectivity index (χ2v) is 8.21. The van der Waals surface area contributed by atoms with Gasteiger partial charge in [0.25, 0.3) is 5.82 Å². The van der Waals surface area contributed by atoms with Crippen LogP contribution < -0.4 is 5.73 Å². The van der Waals surface area contributed by atoms with Gasteiger partial charge in [-0.3, -0.25) is 4.90 Å². The number of alkyl halides is 3. The molecule has 152 valence electrons. The second-order valence-electron chi connectivity index (χ2n) is 7.77. The zero-order chi connectivity index (χ0) is 19.9. The van der Waals surface area contributed by atoms with Crippen LogP contribution in [0, 0.1) is 0 Å². The number of hydrogen-bond donors (Lipinski definition) is 1. The molecule has 1 saturated carbocycles. The van der Waals surface area contributed by atoms with Crippen LogP contribution in [-0.2, 0) is 24.7 Å². The summed E-state index contributed by atoms with van der Waals surface area (Å²) in [7, 11) is 0. The molecule has 28 heavy (non-hydrogen) atoms. The van der Waals surface area contributed by atoms with Crippen molar-refractivity contribution in [3.63, 3.8) is 0 Å². The minimum absolute atomic E-state index is 0.0827. The lowest BCUT2D eigenvalue weighted by atomic mass is 9.68. The predicted molar refractivity (Wildman–Crippen MR) is 99.9 cm³/mol. The summed E-state index contributed by atoms with van der Waals surface area (Å²) in [6, 6.07) is 8.22. The van der Waals surface area contributed by atoms with Crippen LogP contribution in [0.1, 0.15) is 42.9 Å². The molecule has 2 aliphatic rings. The molecule has 0 unspecified atom stereocenters. The molecular formula is C19H23ClF3N5. The highest BCUT2D eigenvalue weighted by atomic mass is 35.5. The summed E-state index contributed by atoms with van der Waals surface area (Å²) in [6.07, 6.45) is -0.733. The third kappa shape index (κ3) is 3.65. The highest BCUT2D eigenvalue weighted by Gasteiger charge is 2.40. The lowest BCUT2D eigenvalue weighted by Crippen LogP contribution is -2.47. The van der Waals surface area contributed by atoms with Gasteiger partial charge in [-0.15, -0.1) is 5.10 Å². The van der Waals surface area contributed by atoms with Gasteiger partial charge in [0.05, 0.1) is 13.1 Å². The average molecular weight is 414 g/mol. The zero-order valence-electron chi connectivity index (χ0n) is 15.4. The molecular weight excluding hydrogens is 391 g/mol. The van der Waals surface area contributed by atoms with Crippen LogP contribution in [0.2, 0.25) is 5.02 Å². The molecule has 1 aromatic heterocycles. The maximum Gasteiger partial charge on any atom is 0.453 e. The molecule has 0 atom stereocenters. The third-order valence-electron chi connectivity index (χ3n) is 6.20. The molecule has 2 N–H and O–H groups in total. The van der Waals surface area contributed by atoms with Gasteiger partial charge in [-0.1, -0.05) is 23.7 Å². The summed E-state index contributed by atoms with van der Waals surface area (Å²) < 4.78 is 40.0. The Labute approximate surface area is 166 Å². The molecule has 2 heterocycles. The Bertz CT molecular complexity index is 842. The molecule has 9 heteroatoms. The quantitative estimate of drug-likeness (QED) is 0.835. The third-order valence-corrected chi connectivity index (χ3v) is 6.44. The van der Waals surface area contributed by atoms with Crippen LogP contribution in [0.4, 0.5) is 13.2 Å². The lowest BCUT2D eigenvalue weighted by molar-refractivity contribution is -0.145. The van der Waals surface area contributed by atoms with E-state index in [0.717, 1.165) is 25.7 Å². The van der Waals surface area contributed by atoms with Gasteiger partial charge in [0, 0.05) is 29.6 Å². The van der Waals surface area contributed by atoms with Crippen molar-refractivity contribution in [3.05, 3.63) is 46.5 Å². The molecule has 1 aromatic carbocycles. The van der Waals surface area contributed by atoms with E-state index in [-0.39, 0.29) is 5.41 Å². The van der Waals surface area contributed by atoms with Crippen LogP contribution in [0.5, 0.6) is 0 Å². The first-order valence-corrected chi connectivity index (χ1v) is 9.90. The van der Waals surface area contributed by atoms with Gasteiger partial charge >= 0.3 is 6.18 Å². The summed E-state index contributed by atoms with van der Waals surface area (Å²) in [5, 5.41) is 4.32. The van der Waals surface area contributed by atoms with Crippen LogP contribution in [-0.4, -0.2) is 38.8 Å². The SMILES string of the molecule is NC[C@]1(c2cccc(Cl)c2)CC[C@H](N2CCn3nc(C(F)(F)F)nc3C2)CC1. The van der Waals surface area contributed by atoms with Crippen molar-refractivity contribution in [2.24, 2.45) is 5.73 Å². The standard InChI is InChI=1S/C19H23ClF3N5/c20-14-3-1-2-13(10-14)18(12-24)6-4-15(5-7-18)27-8-9-28-16(11-27)25-17(26-28)19(21,22)23/h1-3,10,15H,4-9,11-12,24H2/t15-,18-. The molecule has 2 aromatic rings. The fourth-order valence-corrected chi connectivity index (χ4v) is 4.73. The number of hydrogen-bond acceptors (Lipinski definition) is 4. The molecule has 0 radical (unpaired) electrons. The van der Waals surface area contributed by atoms with E-state index >= 15 is 0 Å². The molecule has 1 aliphatic heterocycles. The van der Waals surface area contributed by atoms with E-state index < -0.39 is 12.0 Å². The molecule has 0 bridgehead atoms. The van der Waals surface area contributed by atoms with Gasteiger partial charge in [-0.05, 0) is 43.4 Å². The fourth-order valence-electron chi connectivity index (χ4n) is 4.54. The van der Waals surface area contributed by atoms with E-state index in [1.54, 1.807) is 0 Å². The van der Waals surface area contributed by atoms with Crippen molar-refractivity contribution in [1.29, 1.82) is 0 Å². The van der Waals surface area contributed by atoms with Crippen molar-refractivity contribution in [2.45, 2.75) is 56.4 Å². The number of nitrogens with zero attached hydrogens (tertiary/aromatic N) is 4. The van der Waals surface area contributed by atoms with Gasteiger partial charge in [0.15, 0.2) is 0 Å². The number of fused-ring (bicyclic) bond motifs is 1. The van der Waals surface area contributed by atoms with E-state index in [1.165, 1.54) is 10.2 Å². The summed E-state index contributed by atoms with van der Waals surface area (Å²) in [5.41, 5.74) is 7.26. The minimum Gasteiger partial charge on any atom is -0.330 e. The van der Waals surface area contributed by atoms with E-state index in [4.69, 9.17) is 17.3 Å². The van der Waals surface area contributed by atoms with Crippen LogP contribution in [0.15, 0.2) is 24.3 Å². The summed E-state index contributed by atoms with van der Waals surface area (Å²) in [5.74, 6) is -0.653. The Kier molecular flexibility index (Phi) is 5.14. The van der Waals surface area contributed by atoms with Crippen LogP contribution in [0.3, 0.4) is 0 Å². The van der Waals surface area contributed by atoms with Gasteiger partial charge in [0.2, 0.25) is 0 Å². The molecule has 0 amide bonds. The molecule has 1 fully saturated rings. The van der Waals surface area contributed by atoms with E-state index in [9.17, 15) is 13.2 Å². The molecule has 0 spiro atoms. The predicted octanol–water partition coefficient (Wildman–Crippen LogP) is 3.61. The number of aromatic nitrogens is 3. The first-order chi connectivity index (χ1) is 13.3. The first kappa shape index (κ1) is 19.7. The van der Waals surface area contributed by atoms with Gasteiger partial charge in [-0.25, -0.2) is 9.67 Å². The summed E-state index contributed by atoms with van der Waals surface area (Å²) in [6.45, 7) is 2.08. The second kappa shape index (κ2) is 7.31. The van der Waals surface area contributed by atoms with Gasteiger partial charge in [-0.2, -0.15) is 13.2 Å². The maximum absolute atomic E-state index is 12.9. The largest absolute Gasteiger partial charge is 0.453 e. The highest BCUT2D eigenvalue weighted by molar-refractivity contribution is 6.30. The fraction of sp³-hybridized carbons (Fsp3) is 0.579. The van der Waals surface area contributed by atoms with Crippen molar-refractivity contribution in [1.82, 2.24) is 19.7 Å². The number of rotatable bonds is 3. The monoisotopic (exact) mass is 413 g/mol. The maximum atomic E-state index is 12.9. The number of halogens is 4. The Hall–Kier alpha value is -1.64. The van der Waals surface area contributed by atoms with Crippen LogP contribution >= 0.6 is 11.6 Å². The van der Waals surface area contributed by atoms with Crippen molar-refractivity contribution in [3.8, 4) is 0 Å². The number of nitrogens with two attached hydrogens (primary N) is 1. The van der Waals surface area contributed by atoms with Gasteiger partial charge < -0.3 is 5.73 Å². The first-order valence-electron chi connectivity index (χ1n) is 9.52. The molecule has 5 nitrogen and oxygen atoms in total. The Balaban J connectivity index is 1.45. The highest BCUT2D eigenvalue weighted by Crippen LogP contribution is 2.41. The smallest absolute Gasteiger partial charge is 0.330 e. The van der Waals surface area contributed by atoms with Gasteiger partial charge in [0.1, 0.15) is 5.82 Å². The lowest BCUT2D eigenvalue weighted by Gasteiger charge is -2.44. The minimum atomic E-state index is -4.50. The van der Waals surface area contributed by atoms with E-state index in [1.807, 2.05) is 18.2 Å². The summed E-state index contributed by atoms with van der Waals surface area (Å²) >= 11 is 6.17. The Morgan fingerprint density at radius 3 is 2.61 bits per heavy atom. The molecule has 0 saturated heterocycles. The number of benzene rings is 1. The van der Waals surface area contributed by atoms with Crippen LogP contribution in [0.25, 0.3) is 0 Å². The normalized spacial score (nSPS) is 26.2. The average Bonchev–Trinajstić information content (AvgIpc) is 3.12. The zero-order valence-corrected chi connectivity index (χ0v) is 16.2. The van der Waals surface area contributed by atoms with Crippen molar-refractivity contribution < 1.29 is 13.2 Å². The molecule has 1 aliphatic carbocycles. The van der Waals surface area contributed by atoms with Crippen molar-refractivity contribution >= 4 is 11.6 Å². The van der Waals surface area contributed by atoms with E-state index in [0.29, 0.717) is 43.1 Å². The van der Waals surface area contributed by atoms with E-state index in [2.05, 4.69) is 21.0 Å². The van der Waals surface area contributed by atoms with Crippen molar-refractivity contribution in [2.75, 3.05) is 13.1 Å². The molecule has 4 rings (SSSR count). The Morgan fingerprint density at radius 2 is 1.96 bits per heavy atom. The summed E-state index contributed by atoms with van der Waals surface area (Å²) in [4.78, 5) is 5.96.